The summed E-state index contributed by atoms with van der Waals surface area (Å²) in [6, 6.07) is 12.2. The summed E-state index contributed by atoms with van der Waals surface area (Å²) < 4.78 is 13.8. The first-order valence-electron chi connectivity index (χ1n) is 6.52. The maximum absolute atomic E-state index is 13.8. The number of carboxylic acids is 1. The number of fused-ring (bicyclic) bond motifs is 1. The molecule has 0 radical (unpaired) electrons. The van der Waals surface area contributed by atoms with Gasteiger partial charge < -0.3 is 5.11 Å². The Morgan fingerprint density at radius 2 is 2.14 bits per heavy atom. The number of carbonyl (C=O) groups is 1. The quantitative estimate of drug-likeness (QED) is 0.841. The van der Waals surface area contributed by atoms with Crippen molar-refractivity contribution < 1.29 is 14.3 Å². The largest absolute Gasteiger partial charge is 0.478 e. The van der Waals surface area contributed by atoms with E-state index >= 15 is 0 Å². The van der Waals surface area contributed by atoms with Crippen molar-refractivity contribution in [3.05, 3.63) is 59.4 Å². The van der Waals surface area contributed by atoms with Crippen molar-refractivity contribution in [2.24, 2.45) is 0 Å². The monoisotopic (exact) mass is 320 g/mol. The molecule has 0 spiro atoms. The Bertz CT molecular complexity index is 688. The molecule has 5 heteroatoms. The summed E-state index contributed by atoms with van der Waals surface area (Å²) in [4.78, 5) is 12.7. The second-order valence-corrected chi connectivity index (χ2v) is 6.93. The first-order valence-corrected chi connectivity index (χ1v) is 8.49. The van der Waals surface area contributed by atoms with Crippen LogP contribution in [0.3, 0.4) is 0 Å². The average molecular weight is 320 g/mol. The third kappa shape index (κ3) is 3.09. The minimum atomic E-state index is -1.03. The zero-order chi connectivity index (χ0) is 14.8. The van der Waals surface area contributed by atoms with Gasteiger partial charge in [0.2, 0.25) is 0 Å². The number of rotatable bonds is 4. The molecule has 2 aromatic rings. The topological polar surface area (TPSA) is 37.3 Å². The van der Waals surface area contributed by atoms with Gasteiger partial charge in [0.05, 0.1) is 5.56 Å². The van der Waals surface area contributed by atoms with E-state index in [0.29, 0.717) is 10.8 Å². The van der Waals surface area contributed by atoms with Crippen LogP contribution < -0.4 is 0 Å². The lowest BCUT2D eigenvalue weighted by Gasteiger charge is -2.11. The van der Waals surface area contributed by atoms with Crippen LogP contribution in [0.25, 0.3) is 0 Å². The molecule has 1 aliphatic heterocycles. The summed E-state index contributed by atoms with van der Waals surface area (Å²) in [6.07, 6.45) is 0. The normalized spacial score (nSPS) is 16.7. The SMILES string of the molecule is O=C(O)c1ccc(F)c(SCC2CSc3ccccc32)c1. The molecule has 0 saturated heterocycles. The van der Waals surface area contributed by atoms with Gasteiger partial charge >= 0.3 is 5.97 Å². The number of thioether (sulfide) groups is 2. The van der Waals surface area contributed by atoms with Crippen LogP contribution in [0.1, 0.15) is 21.8 Å². The van der Waals surface area contributed by atoms with Crippen LogP contribution in [-0.4, -0.2) is 22.6 Å². The predicted molar refractivity (Wildman–Crippen MR) is 84.0 cm³/mol. The summed E-state index contributed by atoms with van der Waals surface area (Å²) in [5.41, 5.74) is 1.44. The van der Waals surface area contributed by atoms with E-state index in [0.717, 1.165) is 11.5 Å². The fourth-order valence-corrected chi connectivity index (χ4v) is 4.80. The van der Waals surface area contributed by atoms with Crippen LogP contribution in [-0.2, 0) is 0 Å². The highest BCUT2D eigenvalue weighted by molar-refractivity contribution is 8.00. The van der Waals surface area contributed by atoms with Gasteiger partial charge in [0.25, 0.3) is 0 Å². The van der Waals surface area contributed by atoms with E-state index in [9.17, 15) is 9.18 Å². The third-order valence-electron chi connectivity index (χ3n) is 3.42. The Kier molecular flexibility index (Phi) is 4.22. The van der Waals surface area contributed by atoms with Crippen LogP contribution in [0.15, 0.2) is 52.3 Å². The molecule has 0 aromatic heterocycles. The van der Waals surface area contributed by atoms with Crippen LogP contribution in [0, 0.1) is 5.82 Å². The predicted octanol–water partition coefficient (Wildman–Crippen LogP) is 4.51. The summed E-state index contributed by atoms with van der Waals surface area (Å²) in [6.45, 7) is 0. The van der Waals surface area contributed by atoms with Gasteiger partial charge in [-0.2, -0.15) is 0 Å². The van der Waals surface area contributed by atoms with Gasteiger partial charge in [0.1, 0.15) is 5.82 Å². The van der Waals surface area contributed by atoms with Gasteiger partial charge in [0, 0.05) is 27.2 Å². The molecule has 108 valence electrons. The molecular formula is C16H13FO2S2. The molecule has 1 unspecified atom stereocenters. The van der Waals surface area contributed by atoms with Gasteiger partial charge in [-0.15, -0.1) is 23.5 Å². The summed E-state index contributed by atoms with van der Waals surface area (Å²) in [5, 5.41) is 8.98. The molecule has 0 fully saturated rings. The van der Waals surface area contributed by atoms with E-state index < -0.39 is 5.97 Å². The molecule has 0 amide bonds. The smallest absolute Gasteiger partial charge is 0.335 e. The fourth-order valence-electron chi connectivity index (χ4n) is 2.30. The van der Waals surface area contributed by atoms with Gasteiger partial charge in [0.15, 0.2) is 0 Å². The van der Waals surface area contributed by atoms with Crippen molar-refractivity contribution in [1.29, 1.82) is 0 Å². The van der Waals surface area contributed by atoms with E-state index in [4.69, 9.17) is 5.11 Å². The van der Waals surface area contributed by atoms with E-state index in [1.54, 1.807) is 0 Å². The number of aromatic carboxylic acids is 1. The first kappa shape index (κ1) is 14.5. The van der Waals surface area contributed by atoms with Crippen molar-refractivity contribution in [2.45, 2.75) is 15.7 Å². The standard InChI is InChI=1S/C16H13FO2S2/c17-13-6-5-10(16(18)19)7-15(13)21-9-11-8-20-14-4-2-1-3-12(11)14/h1-7,11H,8-9H2,(H,18,19). The fraction of sp³-hybridized carbons (Fsp3) is 0.188. The first-order chi connectivity index (χ1) is 10.1. The Balaban J connectivity index is 1.74. The molecule has 0 aliphatic carbocycles. The van der Waals surface area contributed by atoms with Crippen LogP contribution in [0.5, 0.6) is 0 Å². The number of hydrogen-bond donors (Lipinski definition) is 1. The Morgan fingerprint density at radius 3 is 2.95 bits per heavy atom. The molecule has 0 bridgehead atoms. The maximum Gasteiger partial charge on any atom is 0.335 e. The highest BCUT2D eigenvalue weighted by atomic mass is 32.2. The number of hydrogen-bond acceptors (Lipinski definition) is 3. The number of carboxylic acid groups (broad SMARTS) is 1. The number of benzene rings is 2. The van der Waals surface area contributed by atoms with Gasteiger partial charge in [-0.1, -0.05) is 18.2 Å². The second-order valence-electron chi connectivity index (χ2n) is 4.81. The van der Waals surface area contributed by atoms with Crippen LogP contribution >= 0.6 is 23.5 Å². The summed E-state index contributed by atoms with van der Waals surface area (Å²) in [7, 11) is 0. The molecule has 3 rings (SSSR count). The minimum absolute atomic E-state index is 0.125. The Labute approximate surface area is 130 Å². The van der Waals surface area contributed by atoms with Crippen LogP contribution in [0.2, 0.25) is 0 Å². The molecular weight excluding hydrogens is 307 g/mol. The molecule has 2 aromatic carbocycles. The number of halogens is 1. The maximum atomic E-state index is 13.8. The lowest BCUT2D eigenvalue weighted by molar-refractivity contribution is 0.0696. The van der Waals surface area contributed by atoms with E-state index in [-0.39, 0.29) is 11.4 Å². The van der Waals surface area contributed by atoms with E-state index in [1.165, 1.54) is 40.4 Å². The van der Waals surface area contributed by atoms with Gasteiger partial charge in [-0.25, -0.2) is 9.18 Å². The van der Waals surface area contributed by atoms with Crippen molar-refractivity contribution in [2.75, 3.05) is 11.5 Å². The minimum Gasteiger partial charge on any atom is -0.478 e. The van der Waals surface area contributed by atoms with Crippen molar-refractivity contribution in [3.8, 4) is 0 Å². The average Bonchev–Trinajstić information content (AvgIpc) is 2.89. The lowest BCUT2D eigenvalue weighted by Crippen LogP contribution is -2.02. The van der Waals surface area contributed by atoms with Crippen molar-refractivity contribution in [3.63, 3.8) is 0 Å². The molecule has 1 aliphatic rings. The zero-order valence-corrected chi connectivity index (χ0v) is 12.7. The van der Waals surface area contributed by atoms with E-state index in [2.05, 4.69) is 12.1 Å². The zero-order valence-electron chi connectivity index (χ0n) is 11.1. The van der Waals surface area contributed by atoms with Crippen molar-refractivity contribution in [1.82, 2.24) is 0 Å². The molecule has 0 saturated carbocycles. The van der Waals surface area contributed by atoms with Crippen molar-refractivity contribution >= 4 is 29.5 Å². The molecule has 21 heavy (non-hydrogen) atoms. The lowest BCUT2D eigenvalue weighted by atomic mass is 10.0. The summed E-state index contributed by atoms with van der Waals surface area (Å²) in [5.74, 6) is 0.739. The third-order valence-corrected chi connectivity index (χ3v) is 5.86. The highest BCUT2D eigenvalue weighted by Crippen LogP contribution is 2.42. The van der Waals surface area contributed by atoms with Crippen LogP contribution in [0.4, 0.5) is 4.39 Å². The molecule has 1 heterocycles. The molecule has 2 nitrogen and oxygen atoms in total. The van der Waals surface area contributed by atoms with Gasteiger partial charge in [-0.3, -0.25) is 0 Å². The second kappa shape index (κ2) is 6.12. The Hall–Kier alpha value is -1.46. The molecule has 1 N–H and O–H groups in total. The van der Waals surface area contributed by atoms with E-state index in [1.807, 2.05) is 23.9 Å². The summed E-state index contributed by atoms with van der Waals surface area (Å²) >= 11 is 3.21. The Morgan fingerprint density at radius 1 is 1.33 bits per heavy atom. The molecule has 1 atom stereocenters. The van der Waals surface area contributed by atoms with Gasteiger partial charge in [-0.05, 0) is 29.8 Å². The highest BCUT2D eigenvalue weighted by Gasteiger charge is 2.23.